The summed E-state index contributed by atoms with van der Waals surface area (Å²) < 4.78 is 0. The van der Waals surface area contributed by atoms with E-state index in [0.717, 1.165) is 11.8 Å². The van der Waals surface area contributed by atoms with Gasteiger partial charge < -0.3 is 0 Å². The molecule has 0 spiro atoms. The van der Waals surface area contributed by atoms with Crippen molar-refractivity contribution in [1.29, 1.82) is 0 Å². The highest BCUT2D eigenvalue weighted by Gasteiger charge is 2.33. The Morgan fingerprint density at radius 2 is 1.92 bits per heavy atom. The fourth-order valence-electron chi connectivity index (χ4n) is 2.39. The van der Waals surface area contributed by atoms with Crippen molar-refractivity contribution in [2.75, 3.05) is 0 Å². The first kappa shape index (κ1) is 9.05. The third kappa shape index (κ3) is 1.87. The Hall–Kier alpha value is -0.520. The van der Waals surface area contributed by atoms with Gasteiger partial charge in [-0.3, -0.25) is 0 Å². The second-order valence-corrected chi connectivity index (χ2v) is 4.12. The molecule has 0 aromatic carbocycles. The van der Waals surface area contributed by atoms with Gasteiger partial charge in [-0.05, 0) is 37.0 Å². The van der Waals surface area contributed by atoms with E-state index in [2.05, 4.69) is 44.1 Å². The van der Waals surface area contributed by atoms with Crippen molar-refractivity contribution in [3.05, 3.63) is 37.1 Å². The van der Waals surface area contributed by atoms with Crippen LogP contribution in [0.5, 0.6) is 0 Å². The van der Waals surface area contributed by atoms with Crippen LogP contribution in [-0.2, 0) is 0 Å². The van der Waals surface area contributed by atoms with E-state index in [1.54, 1.807) is 0 Å². The highest BCUT2D eigenvalue weighted by atomic mass is 14.4. The molecule has 70 valence electrons. The summed E-state index contributed by atoms with van der Waals surface area (Å²) in [5.74, 6) is 2.29. The van der Waals surface area contributed by atoms with Crippen LogP contribution in [0.1, 0.15) is 26.2 Å². The van der Waals surface area contributed by atoms with Gasteiger partial charge in [-0.15, -0.1) is 0 Å². The molecule has 0 amide bonds. The normalized spacial score (nSPS) is 36.5. The zero-order valence-electron chi connectivity index (χ0n) is 8.32. The van der Waals surface area contributed by atoms with Gasteiger partial charge in [0, 0.05) is 0 Å². The average Bonchev–Trinajstić information content (AvgIpc) is 2.58. The van der Waals surface area contributed by atoms with Crippen molar-refractivity contribution >= 4 is 0 Å². The Morgan fingerprint density at radius 1 is 1.08 bits per heavy atom. The summed E-state index contributed by atoms with van der Waals surface area (Å²) in [4.78, 5) is 0. The predicted octanol–water partition coefficient (Wildman–Crippen LogP) is 3.57. The first-order valence-corrected chi connectivity index (χ1v) is 5.45. The van der Waals surface area contributed by atoms with Crippen LogP contribution in [-0.4, -0.2) is 0 Å². The van der Waals surface area contributed by atoms with Gasteiger partial charge in [0.05, 0.1) is 0 Å². The molecule has 0 heteroatoms. The summed E-state index contributed by atoms with van der Waals surface area (Å²) in [6, 6.07) is 0. The van der Waals surface area contributed by atoms with Crippen LogP contribution in [0.25, 0.3) is 0 Å². The molecule has 0 aliphatic heterocycles. The monoisotopic (exact) mass is 174 g/mol. The van der Waals surface area contributed by atoms with Crippen molar-refractivity contribution in [3.8, 4) is 0 Å². The lowest BCUT2D eigenvalue weighted by molar-refractivity contribution is 0.414. The highest BCUT2D eigenvalue weighted by Crippen LogP contribution is 2.41. The number of hydrogen-bond donors (Lipinski definition) is 0. The molecule has 1 saturated carbocycles. The zero-order chi connectivity index (χ0) is 9.10. The van der Waals surface area contributed by atoms with Crippen molar-refractivity contribution in [3.63, 3.8) is 0 Å². The van der Waals surface area contributed by atoms with Crippen molar-refractivity contribution in [2.24, 2.45) is 17.8 Å². The number of hydrogen-bond acceptors (Lipinski definition) is 0. The summed E-state index contributed by atoms with van der Waals surface area (Å²) in [6.07, 6.45) is 17.9. The fraction of sp³-hybridized carbons (Fsp3) is 0.538. The molecule has 3 atom stereocenters. The molecule has 0 heterocycles. The highest BCUT2D eigenvalue weighted by molar-refractivity contribution is 5.25. The van der Waals surface area contributed by atoms with E-state index in [4.69, 9.17) is 0 Å². The SMILES string of the molecule is CCCCC1[CH][CH]C2C=CC=CC21. The van der Waals surface area contributed by atoms with E-state index in [1.807, 2.05) is 0 Å². The molecule has 0 bridgehead atoms. The molecule has 1 fully saturated rings. The van der Waals surface area contributed by atoms with E-state index in [0.29, 0.717) is 5.92 Å². The minimum absolute atomic E-state index is 0.701. The molecule has 2 aliphatic carbocycles. The van der Waals surface area contributed by atoms with Crippen LogP contribution in [0.15, 0.2) is 24.3 Å². The van der Waals surface area contributed by atoms with E-state index in [-0.39, 0.29) is 0 Å². The van der Waals surface area contributed by atoms with Gasteiger partial charge in [-0.2, -0.15) is 0 Å². The van der Waals surface area contributed by atoms with Crippen LogP contribution in [0.4, 0.5) is 0 Å². The summed E-state index contributed by atoms with van der Waals surface area (Å²) in [5.41, 5.74) is 0. The van der Waals surface area contributed by atoms with Crippen molar-refractivity contribution in [1.82, 2.24) is 0 Å². The second kappa shape index (κ2) is 4.13. The standard InChI is InChI=1S/C13H18/c1-2-3-6-11-9-10-12-7-4-5-8-13(11)12/h4-5,7-13H,2-3,6H2,1H3. The predicted molar refractivity (Wildman–Crippen MR) is 56.9 cm³/mol. The van der Waals surface area contributed by atoms with Crippen molar-refractivity contribution < 1.29 is 0 Å². The molecule has 2 radical (unpaired) electrons. The molecule has 0 nitrogen and oxygen atoms in total. The molecular formula is C13H18. The van der Waals surface area contributed by atoms with Gasteiger partial charge in [0.15, 0.2) is 0 Å². The molecule has 2 aliphatic rings. The molecule has 0 aromatic rings. The Balaban J connectivity index is 1.93. The molecular weight excluding hydrogens is 156 g/mol. The van der Waals surface area contributed by atoms with E-state index < -0.39 is 0 Å². The summed E-state index contributed by atoms with van der Waals surface area (Å²) in [6.45, 7) is 2.27. The van der Waals surface area contributed by atoms with Gasteiger partial charge >= 0.3 is 0 Å². The Bertz CT molecular complexity index is 212. The maximum atomic E-state index is 2.42. The second-order valence-electron chi connectivity index (χ2n) is 4.12. The summed E-state index contributed by atoms with van der Waals surface area (Å²) >= 11 is 0. The van der Waals surface area contributed by atoms with Crippen molar-refractivity contribution in [2.45, 2.75) is 26.2 Å². The molecule has 13 heavy (non-hydrogen) atoms. The number of rotatable bonds is 3. The Kier molecular flexibility index (Phi) is 2.87. The van der Waals surface area contributed by atoms with Gasteiger partial charge in [0.25, 0.3) is 0 Å². The first-order valence-electron chi connectivity index (χ1n) is 5.45. The molecule has 3 unspecified atom stereocenters. The van der Waals surface area contributed by atoms with Gasteiger partial charge in [0.2, 0.25) is 0 Å². The van der Waals surface area contributed by atoms with Crippen LogP contribution < -0.4 is 0 Å². The van der Waals surface area contributed by atoms with Crippen LogP contribution in [0, 0.1) is 30.6 Å². The Morgan fingerprint density at radius 3 is 2.77 bits per heavy atom. The van der Waals surface area contributed by atoms with Crippen LogP contribution in [0.3, 0.4) is 0 Å². The molecule has 0 aromatic heterocycles. The van der Waals surface area contributed by atoms with Gasteiger partial charge in [-0.1, -0.05) is 44.1 Å². The number of fused-ring (bicyclic) bond motifs is 1. The maximum Gasteiger partial charge on any atom is -0.0130 e. The van der Waals surface area contributed by atoms with Crippen LogP contribution >= 0.6 is 0 Å². The largest absolute Gasteiger partial charge is 0.0805 e. The molecule has 0 N–H and O–H groups in total. The van der Waals surface area contributed by atoms with Gasteiger partial charge in [-0.25, -0.2) is 0 Å². The minimum atomic E-state index is 0.701. The molecule has 0 saturated heterocycles. The smallest absolute Gasteiger partial charge is 0.0130 e. The lowest BCUT2D eigenvalue weighted by atomic mass is 9.84. The quantitative estimate of drug-likeness (QED) is 0.613. The maximum absolute atomic E-state index is 2.42. The van der Waals surface area contributed by atoms with E-state index in [1.165, 1.54) is 19.3 Å². The zero-order valence-corrected chi connectivity index (χ0v) is 8.32. The minimum Gasteiger partial charge on any atom is -0.0805 e. The number of unbranched alkanes of at least 4 members (excludes halogenated alkanes) is 1. The van der Waals surface area contributed by atoms with Crippen LogP contribution in [0.2, 0.25) is 0 Å². The number of allylic oxidation sites excluding steroid dienone is 4. The third-order valence-corrected chi connectivity index (χ3v) is 3.19. The lowest BCUT2D eigenvalue weighted by Crippen LogP contribution is -2.12. The van der Waals surface area contributed by atoms with Gasteiger partial charge in [0.1, 0.15) is 0 Å². The summed E-state index contributed by atoms with van der Waals surface area (Å²) in [7, 11) is 0. The topological polar surface area (TPSA) is 0 Å². The fourth-order valence-corrected chi connectivity index (χ4v) is 2.39. The first-order chi connectivity index (χ1) is 6.42. The van der Waals surface area contributed by atoms with E-state index >= 15 is 0 Å². The third-order valence-electron chi connectivity index (χ3n) is 3.19. The average molecular weight is 174 g/mol. The summed E-state index contributed by atoms with van der Waals surface area (Å²) in [5, 5.41) is 0. The van der Waals surface area contributed by atoms with E-state index in [9.17, 15) is 0 Å². The molecule has 2 rings (SSSR count). The lowest BCUT2D eigenvalue weighted by Gasteiger charge is -2.21. The Labute approximate surface area is 81.7 Å².